The summed E-state index contributed by atoms with van der Waals surface area (Å²) in [5.41, 5.74) is 3.02. The predicted octanol–water partition coefficient (Wildman–Crippen LogP) is 4.04. The molecule has 1 aliphatic carbocycles. The molecule has 9 heteroatoms. The van der Waals surface area contributed by atoms with Gasteiger partial charge >= 0.3 is 5.97 Å². The van der Waals surface area contributed by atoms with Crippen LogP contribution in [0.5, 0.6) is 5.75 Å². The van der Waals surface area contributed by atoms with E-state index in [1.807, 2.05) is 13.8 Å². The number of rotatable bonds is 13. The Hall–Kier alpha value is -3.04. The van der Waals surface area contributed by atoms with E-state index in [-0.39, 0.29) is 31.4 Å². The molecule has 1 aliphatic heterocycles. The van der Waals surface area contributed by atoms with Gasteiger partial charge in [0.1, 0.15) is 0 Å². The standard InChI is InChI=1S/C29H38FNO7/c1-3-19-15-20-27(29(38)31(28(20)37)12-6-4-5-7-25(35)36)21(16-32)26(19)24(34)10-8-17(2)13-18-9-11-23(33)22(30)14-18/h9,11,13-14,20-21,24,27,32-34H,3-8,10,12,15-16H2,1-2H3,(H,35,36)/b17-13+/t20-,21+,24-,27-/m1/s1. The minimum absolute atomic E-state index is 0.0469. The highest BCUT2D eigenvalue weighted by Crippen LogP contribution is 2.47. The first-order chi connectivity index (χ1) is 18.1. The van der Waals surface area contributed by atoms with E-state index in [0.717, 1.165) is 11.1 Å². The van der Waals surface area contributed by atoms with E-state index in [9.17, 15) is 34.1 Å². The number of hydrogen-bond acceptors (Lipinski definition) is 6. The molecule has 0 bridgehead atoms. The zero-order chi connectivity index (χ0) is 28.0. The van der Waals surface area contributed by atoms with Gasteiger partial charge in [-0.1, -0.05) is 36.6 Å². The van der Waals surface area contributed by atoms with Crippen LogP contribution in [0, 0.1) is 23.6 Å². The monoisotopic (exact) mass is 531 g/mol. The van der Waals surface area contributed by atoms with Gasteiger partial charge in [-0.05, 0) is 68.7 Å². The van der Waals surface area contributed by atoms with E-state index in [4.69, 9.17) is 5.11 Å². The van der Waals surface area contributed by atoms with Crippen molar-refractivity contribution in [3.63, 3.8) is 0 Å². The summed E-state index contributed by atoms with van der Waals surface area (Å²) < 4.78 is 13.7. The molecule has 1 aromatic rings. The molecule has 1 aromatic carbocycles. The zero-order valence-corrected chi connectivity index (χ0v) is 22.0. The number of benzene rings is 1. The van der Waals surface area contributed by atoms with Crippen LogP contribution < -0.4 is 0 Å². The number of allylic oxidation sites excluding steroid dienone is 2. The number of aliphatic carboxylic acids is 1. The Labute approximate surface area is 222 Å². The summed E-state index contributed by atoms with van der Waals surface area (Å²) in [6.07, 6.45) is 4.29. The average Bonchev–Trinajstić information content (AvgIpc) is 3.12. The van der Waals surface area contributed by atoms with E-state index in [1.54, 1.807) is 12.1 Å². The number of carboxylic acid groups (broad SMARTS) is 1. The van der Waals surface area contributed by atoms with Crippen molar-refractivity contribution in [3.8, 4) is 5.75 Å². The molecular formula is C29H38FNO7. The smallest absolute Gasteiger partial charge is 0.303 e. The third-order valence-corrected chi connectivity index (χ3v) is 7.73. The van der Waals surface area contributed by atoms with Crippen molar-refractivity contribution >= 4 is 23.9 Å². The van der Waals surface area contributed by atoms with Gasteiger partial charge < -0.3 is 20.4 Å². The Morgan fingerprint density at radius 2 is 1.92 bits per heavy atom. The van der Waals surface area contributed by atoms with Gasteiger partial charge in [0.15, 0.2) is 11.6 Å². The maximum absolute atomic E-state index is 13.7. The Morgan fingerprint density at radius 1 is 1.18 bits per heavy atom. The Morgan fingerprint density at radius 3 is 2.55 bits per heavy atom. The molecule has 1 fully saturated rings. The first kappa shape index (κ1) is 29.5. The first-order valence-corrected chi connectivity index (χ1v) is 13.3. The van der Waals surface area contributed by atoms with Gasteiger partial charge in [0.25, 0.3) is 0 Å². The van der Waals surface area contributed by atoms with E-state index in [0.29, 0.717) is 56.1 Å². The van der Waals surface area contributed by atoms with Gasteiger partial charge in [0, 0.05) is 18.9 Å². The second-order valence-electron chi connectivity index (χ2n) is 10.3. The molecular weight excluding hydrogens is 493 g/mol. The Bertz CT molecular complexity index is 1110. The van der Waals surface area contributed by atoms with E-state index in [2.05, 4.69) is 0 Å². The lowest BCUT2D eigenvalue weighted by Gasteiger charge is -2.36. The van der Waals surface area contributed by atoms with Crippen molar-refractivity contribution in [2.75, 3.05) is 13.2 Å². The van der Waals surface area contributed by atoms with Crippen molar-refractivity contribution in [2.45, 2.75) is 71.3 Å². The van der Waals surface area contributed by atoms with Crippen LogP contribution in [-0.2, 0) is 14.4 Å². The molecule has 0 unspecified atom stereocenters. The van der Waals surface area contributed by atoms with Crippen LogP contribution in [0.4, 0.5) is 4.39 Å². The molecule has 8 nitrogen and oxygen atoms in total. The highest BCUT2D eigenvalue weighted by Gasteiger charge is 2.54. The molecule has 1 saturated heterocycles. The maximum atomic E-state index is 13.7. The number of carbonyl (C=O) groups excluding carboxylic acids is 2. The molecule has 0 saturated carbocycles. The number of hydrogen-bond donors (Lipinski definition) is 4. The number of carboxylic acids is 1. The van der Waals surface area contributed by atoms with Crippen molar-refractivity contribution in [3.05, 3.63) is 46.3 Å². The van der Waals surface area contributed by atoms with Crippen LogP contribution in [0.15, 0.2) is 34.9 Å². The Balaban J connectivity index is 1.70. The molecule has 4 atom stereocenters. The summed E-state index contributed by atoms with van der Waals surface area (Å²) in [5, 5.41) is 39.7. The van der Waals surface area contributed by atoms with Crippen LogP contribution in [-0.4, -0.2) is 62.4 Å². The van der Waals surface area contributed by atoms with Gasteiger partial charge in [-0.3, -0.25) is 19.3 Å². The fourth-order valence-electron chi connectivity index (χ4n) is 5.80. The normalized spacial score (nSPS) is 22.7. The number of fused-ring (bicyclic) bond motifs is 1. The van der Waals surface area contributed by atoms with Crippen molar-refractivity contribution in [1.29, 1.82) is 0 Å². The number of carbonyl (C=O) groups is 3. The number of halogens is 1. The molecule has 38 heavy (non-hydrogen) atoms. The number of phenolic OH excluding ortho intramolecular Hbond substituents is 1. The number of aliphatic hydroxyl groups excluding tert-OH is 2. The fourth-order valence-corrected chi connectivity index (χ4v) is 5.80. The van der Waals surface area contributed by atoms with Gasteiger partial charge in [0.05, 0.1) is 24.5 Å². The molecule has 2 aliphatic rings. The molecule has 208 valence electrons. The van der Waals surface area contributed by atoms with Crippen LogP contribution in [0.2, 0.25) is 0 Å². The molecule has 3 rings (SSSR count). The number of aromatic hydroxyl groups is 1. The number of likely N-dealkylation sites (tertiary alicyclic amines) is 1. The highest BCUT2D eigenvalue weighted by atomic mass is 19.1. The largest absolute Gasteiger partial charge is 0.505 e. The molecule has 0 spiro atoms. The summed E-state index contributed by atoms with van der Waals surface area (Å²) >= 11 is 0. The van der Waals surface area contributed by atoms with Crippen molar-refractivity contribution in [1.82, 2.24) is 4.90 Å². The SMILES string of the molecule is CCC1=C([C@H](O)CC/C(C)=C/c2ccc(O)c(F)c2)[C@H](CO)[C@@H]2C(=O)N(CCCCCC(=O)O)C(=O)[C@@H]2C1. The lowest BCUT2D eigenvalue weighted by Crippen LogP contribution is -2.39. The third kappa shape index (κ3) is 6.69. The van der Waals surface area contributed by atoms with Gasteiger partial charge in [0.2, 0.25) is 11.8 Å². The molecule has 4 N–H and O–H groups in total. The lowest BCUT2D eigenvalue weighted by atomic mass is 9.67. The predicted molar refractivity (Wildman–Crippen MR) is 139 cm³/mol. The number of amides is 2. The maximum Gasteiger partial charge on any atom is 0.303 e. The summed E-state index contributed by atoms with van der Waals surface area (Å²) in [4.78, 5) is 38.4. The number of nitrogens with zero attached hydrogens (tertiary/aromatic N) is 1. The number of unbranched alkanes of at least 4 members (excludes halogenated alkanes) is 2. The Kier molecular flexibility index (Phi) is 10.2. The molecule has 2 amide bonds. The summed E-state index contributed by atoms with van der Waals surface area (Å²) in [5.74, 6) is -4.52. The minimum Gasteiger partial charge on any atom is -0.505 e. The summed E-state index contributed by atoms with van der Waals surface area (Å²) in [7, 11) is 0. The van der Waals surface area contributed by atoms with Gasteiger partial charge in [-0.15, -0.1) is 0 Å². The van der Waals surface area contributed by atoms with Crippen molar-refractivity contribution < 1.29 is 39.2 Å². The van der Waals surface area contributed by atoms with Crippen LogP contribution >= 0.6 is 0 Å². The highest BCUT2D eigenvalue weighted by molar-refractivity contribution is 6.05. The van der Waals surface area contributed by atoms with E-state index < -0.39 is 41.4 Å². The van der Waals surface area contributed by atoms with Crippen LogP contribution in [0.3, 0.4) is 0 Å². The van der Waals surface area contributed by atoms with Crippen LogP contribution in [0.25, 0.3) is 6.08 Å². The average molecular weight is 532 g/mol. The fraction of sp³-hybridized carbons (Fsp3) is 0.552. The van der Waals surface area contributed by atoms with Crippen LogP contribution in [0.1, 0.15) is 70.8 Å². The second-order valence-corrected chi connectivity index (χ2v) is 10.3. The number of phenols is 1. The van der Waals surface area contributed by atoms with Crippen molar-refractivity contribution in [2.24, 2.45) is 17.8 Å². The third-order valence-electron chi connectivity index (χ3n) is 7.73. The molecule has 0 aromatic heterocycles. The summed E-state index contributed by atoms with van der Waals surface area (Å²) in [6.45, 7) is 3.66. The minimum atomic E-state index is -0.907. The van der Waals surface area contributed by atoms with Gasteiger partial charge in [-0.25, -0.2) is 4.39 Å². The summed E-state index contributed by atoms with van der Waals surface area (Å²) in [6, 6.07) is 4.11. The molecule has 1 heterocycles. The molecule has 0 radical (unpaired) electrons. The topological polar surface area (TPSA) is 135 Å². The zero-order valence-electron chi connectivity index (χ0n) is 22.0. The lowest BCUT2D eigenvalue weighted by molar-refractivity contribution is -0.141. The van der Waals surface area contributed by atoms with Gasteiger partial charge in [-0.2, -0.15) is 0 Å². The quantitative estimate of drug-likeness (QED) is 0.171. The number of aliphatic hydroxyl groups is 2. The van der Waals surface area contributed by atoms with E-state index in [1.165, 1.54) is 17.0 Å². The number of imide groups is 1. The van der Waals surface area contributed by atoms with E-state index >= 15 is 0 Å². The first-order valence-electron chi connectivity index (χ1n) is 13.3. The second kappa shape index (κ2) is 13.2.